The van der Waals surface area contributed by atoms with E-state index in [2.05, 4.69) is 9.80 Å². The van der Waals surface area contributed by atoms with Crippen molar-refractivity contribution in [2.45, 2.75) is 56.3 Å². The molecule has 2 unspecified atom stereocenters. The second-order valence-electron chi connectivity index (χ2n) is 9.34. The molecule has 0 bridgehead atoms. The van der Waals surface area contributed by atoms with Gasteiger partial charge in [-0.2, -0.15) is 0 Å². The van der Waals surface area contributed by atoms with Crippen LogP contribution in [0.25, 0.3) is 0 Å². The molecule has 0 aromatic heterocycles. The Morgan fingerprint density at radius 2 is 2.00 bits per heavy atom. The van der Waals surface area contributed by atoms with Crippen LogP contribution in [-0.4, -0.2) is 60.7 Å². The Labute approximate surface area is 166 Å². The number of piperidine rings is 1. The Kier molecular flexibility index (Phi) is 5.16. The topological polar surface area (TPSA) is 41.7 Å². The predicted octanol–water partition coefficient (Wildman–Crippen LogP) is 2.93. The molecule has 6 heteroatoms. The lowest BCUT2D eigenvalue weighted by Crippen LogP contribution is -2.50. The fraction of sp³-hybridized carbons (Fsp3) is 0.727. The van der Waals surface area contributed by atoms with E-state index in [1.165, 1.54) is 44.8 Å². The van der Waals surface area contributed by atoms with Gasteiger partial charge in [-0.15, -0.1) is 0 Å². The lowest BCUT2D eigenvalue weighted by atomic mass is 9.92. The third-order valence-corrected chi connectivity index (χ3v) is 7.30. The molecule has 0 spiro atoms. The normalized spacial score (nSPS) is 37.2. The van der Waals surface area contributed by atoms with Gasteiger partial charge in [0.25, 0.3) is 0 Å². The van der Waals surface area contributed by atoms with Crippen LogP contribution in [0.15, 0.2) is 18.2 Å². The summed E-state index contributed by atoms with van der Waals surface area (Å²) in [6, 6.07) is 4.14. The quantitative estimate of drug-likeness (QED) is 0.857. The molecule has 3 saturated heterocycles. The Morgan fingerprint density at radius 3 is 2.79 bits per heavy atom. The third kappa shape index (κ3) is 3.72. The van der Waals surface area contributed by atoms with Crippen molar-refractivity contribution in [3.8, 4) is 0 Å². The van der Waals surface area contributed by atoms with Gasteiger partial charge >= 0.3 is 0 Å². The maximum atomic E-state index is 14.2. The summed E-state index contributed by atoms with van der Waals surface area (Å²) in [5.74, 6) is 0.792. The van der Waals surface area contributed by atoms with Crippen molar-refractivity contribution in [1.29, 1.82) is 0 Å². The molecule has 1 aromatic carbocycles. The first-order valence-corrected chi connectivity index (χ1v) is 10.9. The summed E-state index contributed by atoms with van der Waals surface area (Å²) in [5.41, 5.74) is 6.63. The van der Waals surface area contributed by atoms with E-state index >= 15 is 0 Å². The van der Waals surface area contributed by atoms with Crippen molar-refractivity contribution in [2.24, 2.45) is 17.6 Å². The number of hydrogen-bond acceptors (Lipinski definition) is 4. The van der Waals surface area contributed by atoms with Crippen LogP contribution in [-0.2, 0) is 4.74 Å². The number of hydrogen-bond donors (Lipinski definition) is 1. The van der Waals surface area contributed by atoms with Crippen LogP contribution in [0.5, 0.6) is 0 Å². The van der Waals surface area contributed by atoms with E-state index in [-0.39, 0.29) is 17.6 Å². The Balaban J connectivity index is 1.23. The summed E-state index contributed by atoms with van der Waals surface area (Å²) in [5, 5.41) is 0. The Hall–Kier alpha value is -1.08. The first-order chi connectivity index (χ1) is 13.6. The van der Waals surface area contributed by atoms with Crippen molar-refractivity contribution < 1.29 is 13.5 Å². The number of rotatable bonds is 4. The largest absolute Gasteiger partial charge is 0.370 e. The monoisotopic (exact) mass is 391 g/mol. The molecule has 1 saturated carbocycles. The van der Waals surface area contributed by atoms with Gasteiger partial charge in [-0.1, -0.05) is 0 Å². The fourth-order valence-corrected chi connectivity index (χ4v) is 5.62. The van der Waals surface area contributed by atoms with Crippen LogP contribution in [0, 0.1) is 23.5 Å². The summed E-state index contributed by atoms with van der Waals surface area (Å²) < 4.78 is 33.7. The van der Waals surface area contributed by atoms with Gasteiger partial charge in [0, 0.05) is 43.3 Å². The number of ether oxygens (including phenoxy) is 1. The van der Waals surface area contributed by atoms with Crippen LogP contribution in [0.3, 0.4) is 0 Å². The SMILES string of the molecule is N[C@H]1C[C@@H](N2CC3CCCN(CC4CC4)C3C2)CO[C@@H]1c1cc(F)ccc1F. The molecule has 3 aliphatic heterocycles. The highest BCUT2D eigenvalue weighted by molar-refractivity contribution is 5.23. The van der Waals surface area contributed by atoms with E-state index in [4.69, 9.17) is 10.5 Å². The van der Waals surface area contributed by atoms with Crippen molar-refractivity contribution >= 4 is 0 Å². The summed E-state index contributed by atoms with van der Waals surface area (Å²) in [6.45, 7) is 5.27. The van der Waals surface area contributed by atoms with E-state index < -0.39 is 17.7 Å². The lowest BCUT2D eigenvalue weighted by Gasteiger charge is -2.39. The summed E-state index contributed by atoms with van der Waals surface area (Å²) in [4.78, 5) is 5.29. The zero-order valence-corrected chi connectivity index (χ0v) is 16.4. The highest BCUT2D eigenvalue weighted by atomic mass is 19.1. The minimum absolute atomic E-state index is 0.247. The van der Waals surface area contributed by atoms with E-state index in [0.29, 0.717) is 12.6 Å². The molecule has 3 heterocycles. The molecule has 4 aliphatic rings. The lowest BCUT2D eigenvalue weighted by molar-refractivity contribution is -0.0483. The second-order valence-corrected chi connectivity index (χ2v) is 9.34. The minimum Gasteiger partial charge on any atom is -0.370 e. The van der Waals surface area contributed by atoms with Crippen LogP contribution in [0.4, 0.5) is 8.78 Å². The van der Waals surface area contributed by atoms with E-state index in [9.17, 15) is 8.78 Å². The van der Waals surface area contributed by atoms with E-state index in [1.54, 1.807) is 0 Å². The average molecular weight is 392 g/mol. The van der Waals surface area contributed by atoms with Crippen molar-refractivity contribution in [2.75, 3.05) is 32.8 Å². The molecule has 1 aliphatic carbocycles. The maximum Gasteiger partial charge on any atom is 0.129 e. The van der Waals surface area contributed by atoms with Gasteiger partial charge in [0.1, 0.15) is 17.7 Å². The molecule has 0 amide bonds. The first-order valence-electron chi connectivity index (χ1n) is 10.9. The molecular formula is C22H31F2N3O. The van der Waals surface area contributed by atoms with Crippen molar-refractivity contribution in [3.05, 3.63) is 35.4 Å². The molecule has 4 fully saturated rings. The molecule has 5 atom stereocenters. The third-order valence-electron chi connectivity index (χ3n) is 7.30. The molecular weight excluding hydrogens is 360 g/mol. The van der Waals surface area contributed by atoms with Gasteiger partial charge in [0.15, 0.2) is 0 Å². The maximum absolute atomic E-state index is 14.2. The molecule has 5 rings (SSSR count). The second kappa shape index (κ2) is 7.63. The number of nitrogens with zero attached hydrogens (tertiary/aromatic N) is 2. The number of benzene rings is 1. The number of halogens is 2. The fourth-order valence-electron chi connectivity index (χ4n) is 5.62. The van der Waals surface area contributed by atoms with Gasteiger partial charge in [-0.3, -0.25) is 9.80 Å². The summed E-state index contributed by atoms with van der Waals surface area (Å²) in [7, 11) is 0. The van der Waals surface area contributed by atoms with Crippen molar-refractivity contribution in [1.82, 2.24) is 9.80 Å². The molecule has 28 heavy (non-hydrogen) atoms. The molecule has 2 N–H and O–H groups in total. The van der Waals surface area contributed by atoms with Gasteiger partial charge in [0.2, 0.25) is 0 Å². The molecule has 0 radical (unpaired) electrons. The first kappa shape index (κ1) is 18.9. The highest BCUT2D eigenvalue weighted by Crippen LogP contribution is 2.38. The zero-order valence-electron chi connectivity index (χ0n) is 16.4. The highest BCUT2D eigenvalue weighted by Gasteiger charge is 2.44. The van der Waals surface area contributed by atoms with Crippen LogP contribution >= 0.6 is 0 Å². The van der Waals surface area contributed by atoms with Gasteiger partial charge in [0.05, 0.1) is 6.61 Å². The number of likely N-dealkylation sites (tertiary alicyclic amines) is 2. The number of fused-ring (bicyclic) bond motifs is 1. The standard InChI is InChI=1S/C22H31F2N3O/c23-16-5-6-19(24)18(8-16)22-20(25)9-17(13-28-22)27-11-15-2-1-7-26(21(15)12-27)10-14-3-4-14/h5-6,8,14-15,17,20-22H,1-4,7,9-13,25H2/t15?,17-,20+,21?,22-/m1/s1. The van der Waals surface area contributed by atoms with Crippen LogP contribution in [0.1, 0.15) is 43.8 Å². The minimum atomic E-state index is -0.566. The van der Waals surface area contributed by atoms with Gasteiger partial charge in [-0.25, -0.2) is 8.78 Å². The molecule has 1 aromatic rings. The Morgan fingerprint density at radius 1 is 1.14 bits per heavy atom. The predicted molar refractivity (Wildman–Crippen MR) is 104 cm³/mol. The average Bonchev–Trinajstić information content (AvgIpc) is 3.38. The molecule has 4 nitrogen and oxygen atoms in total. The number of nitrogens with two attached hydrogens (primary N) is 1. The molecule has 154 valence electrons. The van der Waals surface area contributed by atoms with Crippen LogP contribution < -0.4 is 5.73 Å². The smallest absolute Gasteiger partial charge is 0.129 e. The van der Waals surface area contributed by atoms with E-state index in [1.807, 2.05) is 0 Å². The van der Waals surface area contributed by atoms with Gasteiger partial charge in [-0.05, 0) is 68.7 Å². The van der Waals surface area contributed by atoms with E-state index in [0.717, 1.165) is 43.5 Å². The van der Waals surface area contributed by atoms with Crippen LogP contribution in [0.2, 0.25) is 0 Å². The van der Waals surface area contributed by atoms with Crippen molar-refractivity contribution in [3.63, 3.8) is 0 Å². The summed E-state index contributed by atoms with van der Waals surface area (Å²) in [6.07, 6.45) is 5.63. The summed E-state index contributed by atoms with van der Waals surface area (Å²) >= 11 is 0. The Bertz CT molecular complexity index is 713. The van der Waals surface area contributed by atoms with Gasteiger partial charge < -0.3 is 10.5 Å². The zero-order chi connectivity index (χ0) is 19.3.